The highest BCUT2D eigenvalue weighted by atomic mass is 15.0. The average Bonchev–Trinajstić information content (AvgIpc) is 3.83. The minimum atomic E-state index is -0.355. The van der Waals surface area contributed by atoms with Crippen LogP contribution in [0, 0.1) is 0 Å². The molecule has 6 aromatic carbocycles. The normalized spacial score (nSPS) is 13.4. The molecule has 11 rings (SSSR count). The molecule has 0 N–H and O–H groups in total. The summed E-state index contributed by atoms with van der Waals surface area (Å²) in [5.41, 5.74) is 17.6. The molecule has 0 bridgehead atoms. The Labute approximate surface area is 289 Å². The topological polar surface area (TPSA) is 30.2 Å². The van der Waals surface area contributed by atoms with E-state index in [0.717, 1.165) is 33.7 Å². The van der Waals surface area contributed by atoms with Crippen LogP contribution >= 0.6 is 0 Å². The van der Waals surface area contributed by atoms with Gasteiger partial charge in [0.1, 0.15) is 11.3 Å². The predicted octanol–water partition coefficient (Wildman–Crippen LogP) is 11.2. The van der Waals surface area contributed by atoms with E-state index in [1.54, 1.807) is 0 Å². The maximum Gasteiger partial charge on any atom is 0.145 e. The summed E-state index contributed by atoms with van der Waals surface area (Å²) in [5.74, 6) is 0. The molecule has 0 unspecified atom stereocenters. The third kappa shape index (κ3) is 3.53. The molecule has 0 amide bonds. The zero-order valence-electron chi connectivity index (χ0n) is 27.1. The Hall–Kier alpha value is -6.58. The second-order valence-corrected chi connectivity index (χ2v) is 13.3. The largest absolute Gasteiger partial charge is 0.298 e. The van der Waals surface area contributed by atoms with Crippen molar-refractivity contribution in [1.82, 2.24) is 14.4 Å². The fourth-order valence-electron chi connectivity index (χ4n) is 8.92. The Balaban J connectivity index is 1.12. The van der Waals surface area contributed by atoms with E-state index in [0.29, 0.717) is 0 Å². The summed E-state index contributed by atoms with van der Waals surface area (Å²) in [5, 5.41) is 2.29. The number of benzene rings is 6. The quantitative estimate of drug-likeness (QED) is 0.193. The number of hydrogen-bond acceptors (Lipinski definition) is 2. The fourth-order valence-corrected chi connectivity index (χ4v) is 8.92. The highest BCUT2D eigenvalue weighted by Gasteiger charge is 2.51. The average molecular weight is 636 g/mol. The summed E-state index contributed by atoms with van der Waals surface area (Å²) in [6, 6.07) is 59.6. The molecule has 3 aromatic heterocycles. The van der Waals surface area contributed by atoms with Gasteiger partial charge in [0.05, 0.1) is 16.8 Å². The molecule has 0 fully saturated rings. The van der Waals surface area contributed by atoms with Crippen LogP contribution in [0.2, 0.25) is 0 Å². The van der Waals surface area contributed by atoms with Gasteiger partial charge in [-0.15, -0.1) is 0 Å². The Morgan fingerprint density at radius 2 is 1.06 bits per heavy atom. The standard InChI is InChI=1S/C47H29N3/c1-2-13-34-30(12-1)27-29-50-45(44(49-46(34)50)42-22-9-10-28-48-42)32-25-23-31(24-26-32)33-17-11-21-41-43(33)37-16-5-8-20-40(37)47(41)38-18-6-3-14-35(38)36-15-4-7-19-39(36)47/h1-29H. The minimum Gasteiger partial charge on any atom is -0.298 e. The molecular weight excluding hydrogens is 607 g/mol. The number of aromatic nitrogens is 3. The van der Waals surface area contributed by atoms with Gasteiger partial charge >= 0.3 is 0 Å². The molecule has 50 heavy (non-hydrogen) atoms. The predicted molar refractivity (Wildman–Crippen MR) is 203 cm³/mol. The van der Waals surface area contributed by atoms with Crippen molar-refractivity contribution in [2.75, 3.05) is 0 Å². The number of rotatable bonds is 3. The molecule has 2 aliphatic carbocycles. The molecule has 3 heterocycles. The first kappa shape index (κ1) is 27.4. The summed E-state index contributed by atoms with van der Waals surface area (Å²) >= 11 is 0. The van der Waals surface area contributed by atoms with Crippen molar-refractivity contribution in [3.8, 4) is 56.0 Å². The van der Waals surface area contributed by atoms with Gasteiger partial charge in [0.2, 0.25) is 0 Å². The van der Waals surface area contributed by atoms with Crippen LogP contribution in [0.3, 0.4) is 0 Å². The van der Waals surface area contributed by atoms with Gasteiger partial charge in [-0.1, -0.05) is 146 Å². The van der Waals surface area contributed by atoms with E-state index in [-0.39, 0.29) is 5.41 Å². The Morgan fingerprint density at radius 1 is 0.460 bits per heavy atom. The number of hydrogen-bond donors (Lipinski definition) is 0. The maximum atomic E-state index is 5.22. The number of pyridine rings is 2. The van der Waals surface area contributed by atoms with Gasteiger partial charge in [-0.05, 0) is 79.2 Å². The first-order valence-corrected chi connectivity index (χ1v) is 17.2. The van der Waals surface area contributed by atoms with E-state index in [1.165, 1.54) is 61.0 Å². The van der Waals surface area contributed by atoms with E-state index >= 15 is 0 Å². The van der Waals surface area contributed by atoms with E-state index in [1.807, 2.05) is 24.4 Å². The van der Waals surface area contributed by atoms with Crippen molar-refractivity contribution in [1.29, 1.82) is 0 Å². The first-order chi connectivity index (χ1) is 24.8. The van der Waals surface area contributed by atoms with Crippen LogP contribution in [-0.2, 0) is 5.41 Å². The summed E-state index contributed by atoms with van der Waals surface area (Å²) in [6.07, 6.45) is 3.98. The number of imidazole rings is 1. The van der Waals surface area contributed by atoms with Gasteiger partial charge in [-0.2, -0.15) is 0 Å². The monoisotopic (exact) mass is 635 g/mol. The maximum absolute atomic E-state index is 5.22. The summed E-state index contributed by atoms with van der Waals surface area (Å²) in [6.45, 7) is 0. The van der Waals surface area contributed by atoms with E-state index in [4.69, 9.17) is 9.97 Å². The van der Waals surface area contributed by atoms with Crippen molar-refractivity contribution in [3.05, 3.63) is 198 Å². The lowest BCUT2D eigenvalue weighted by Crippen LogP contribution is -2.25. The molecule has 0 radical (unpaired) electrons. The third-order valence-corrected chi connectivity index (χ3v) is 10.9. The second kappa shape index (κ2) is 10.2. The van der Waals surface area contributed by atoms with E-state index < -0.39 is 0 Å². The van der Waals surface area contributed by atoms with Crippen LogP contribution in [0.1, 0.15) is 22.3 Å². The Kier molecular flexibility index (Phi) is 5.59. The van der Waals surface area contributed by atoms with Crippen LogP contribution in [-0.4, -0.2) is 14.4 Å². The van der Waals surface area contributed by atoms with Crippen LogP contribution in [0.15, 0.2) is 176 Å². The minimum absolute atomic E-state index is 0.355. The molecule has 0 saturated carbocycles. The van der Waals surface area contributed by atoms with E-state index in [2.05, 4.69) is 156 Å². The van der Waals surface area contributed by atoms with Crippen molar-refractivity contribution in [2.45, 2.75) is 5.41 Å². The van der Waals surface area contributed by atoms with Gasteiger partial charge in [0.25, 0.3) is 0 Å². The third-order valence-electron chi connectivity index (χ3n) is 10.9. The smallest absolute Gasteiger partial charge is 0.145 e. The summed E-state index contributed by atoms with van der Waals surface area (Å²) in [7, 11) is 0. The Bertz CT molecular complexity index is 2760. The van der Waals surface area contributed by atoms with Gasteiger partial charge < -0.3 is 0 Å². The van der Waals surface area contributed by atoms with Crippen molar-refractivity contribution < 1.29 is 0 Å². The van der Waals surface area contributed by atoms with Gasteiger partial charge in [-0.3, -0.25) is 9.38 Å². The van der Waals surface area contributed by atoms with Crippen molar-refractivity contribution in [2.24, 2.45) is 0 Å². The van der Waals surface area contributed by atoms with Crippen molar-refractivity contribution in [3.63, 3.8) is 0 Å². The zero-order chi connectivity index (χ0) is 32.8. The molecule has 232 valence electrons. The number of fused-ring (bicyclic) bond motifs is 13. The lowest BCUT2D eigenvalue weighted by molar-refractivity contribution is 0.794. The van der Waals surface area contributed by atoms with Crippen LogP contribution < -0.4 is 0 Å². The van der Waals surface area contributed by atoms with Crippen LogP contribution in [0.4, 0.5) is 0 Å². The van der Waals surface area contributed by atoms with Gasteiger partial charge in [0, 0.05) is 23.3 Å². The SMILES string of the molecule is c1ccc(-c2nc3c4ccccc4ccn3c2-c2ccc(-c3cccc4c3-c3ccccc3C43c4ccccc4-c4ccccc43)cc2)nc1. The summed E-state index contributed by atoms with van der Waals surface area (Å²) in [4.78, 5) is 9.95. The molecule has 3 nitrogen and oxygen atoms in total. The van der Waals surface area contributed by atoms with Crippen LogP contribution in [0.25, 0.3) is 72.4 Å². The second-order valence-electron chi connectivity index (χ2n) is 13.3. The van der Waals surface area contributed by atoms with Crippen molar-refractivity contribution >= 4 is 16.4 Å². The lowest BCUT2D eigenvalue weighted by Gasteiger charge is -2.30. The highest BCUT2D eigenvalue weighted by molar-refractivity contribution is 6.01. The lowest BCUT2D eigenvalue weighted by atomic mass is 9.70. The molecule has 0 aliphatic heterocycles. The molecular formula is C47H29N3. The zero-order valence-corrected chi connectivity index (χ0v) is 27.1. The number of nitrogens with zero attached hydrogens (tertiary/aromatic N) is 3. The highest BCUT2D eigenvalue weighted by Crippen LogP contribution is 2.63. The fraction of sp³-hybridized carbons (Fsp3) is 0.0213. The molecule has 2 aliphatic rings. The molecule has 0 atom stereocenters. The summed E-state index contributed by atoms with van der Waals surface area (Å²) < 4.78 is 2.22. The van der Waals surface area contributed by atoms with Crippen LogP contribution in [0.5, 0.6) is 0 Å². The van der Waals surface area contributed by atoms with Gasteiger partial charge in [0.15, 0.2) is 0 Å². The van der Waals surface area contributed by atoms with E-state index in [9.17, 15) is 0 Å². The van der Waals surface area contributed by atoms with Gasteiger partial charge in [-0.25, -0.2) is 4.98 Å². The molecule has 0 saturated heterocycles. The Morgan fingerprint density at radius 3 is 1.80 bits per heavy atom. The molecule has 9 aromatic rings. The molecule has 1 spiro atoms. The first-order valence-electron chi connectivity index (χ1n) is 17.2. The molecule has 3 heteroatoms.